The van der Waals surface area contributed by atoms with Crippen molar-refractivity contribution in [2.24, 2.45) is 0 Å². The largest absolute Gasteiger partial charge is 0.374 e. The Labute approximate surface area is 146 Å². The Hall–Kier alpha value is -2.00. The number of amides is 4. The third-order valence-corrected chi connectivity index (χ3v) is 5.47. The second-order valence-electron chi connectivity index (χ2n) is 5.28. The molecular formula is C15H15N3O4S2. The fourth-order valence-corrected chi connectivity index (χ4v) is 3.69. The van der Waals surface area contributed by atoms with Gasteiger partial charge in [-0.15, -0.1) is 0 Å². The Morgan fingerprint density at radius 2 is 2.04 bits per heavy atom. The molecule has 1 atom stereocenters. The lowest BCUT2D eigenvalue weighted by atomic mass is 10.0. The van der Waals surface area contributed by atoms with Crippen LogP contribution in [0.2, 0.25) is 0 Å². The topological polar surface area (TPSA) is 95.6 Å². The average Bonchev–Trinajstić information content (AvgIpc) is 2.81. The number of carbonyl (C=O) groups excluding carboxylic acids is 4. The zero-order chi connectivity index (χ0) is 17.3. The third-order valence-electron chi connectivity index (χ3n) is 3.91. The van der Waals surface area contributed by atoms with Gasteiger partial charge in [-0.25, -0.2) is 0 Å². The van der Waals surface area contributed by atoms with Gasteiger partial charge >= 0.3 is 0 Å². The van der Waals surface area contributed by atoms with Crippen molar-refractivity contribution < 1.29 is 19.2 Å². The fourth-order valence-electron chi connectivity index (χ4n) is 2.83. The van der Waals surface area contributed by atoms with Gasteiger partial charge in [0.15, 0.2) is 0 Å². The molecule has 7 nitrogen and oxygen atoms in total. The van der Waals surface area contributed by atoms with Crippen molar-refractivity contribution in [3.8, 4) is 0 Å². The Morgan fingerprint density at radius 3 is 2.75 bits per heavy atom. The van der Waals surface area contributed by atoms with Crippen LogP contribution in [0.4, 0.5) is 5.69 Å². The minimum atomic E-state index is -0.941. The summed E-state index contributed by atoms with van der Waals surface area (Å²) in [4.78, 5) is 49.7. The molecule has 24 heavy (non-hydrogen) atoms. The molecule has 0 aliphatic carbocycles. The highest BCUT2D eigenvalue weighted by Crippen LogP contribution is 2.32. The van der Waals surface area contributed by atoms with Crippen LogP contribution in [-0.2, 0) is 9.59 Å². The molecule has 1 saturated heterocycles. The molecule has 1 aromatic carbocycles. The van der Waals surface area contributed by atoms with Gasteiger partial charge in [-0.3, -0.25) is 29.4 Å². The number of hydrogen-bond donors (Lipinski definition) is 2. The van der Waals surface area contributed by atoms with E-state index in [1.165, 1.54) is 0 Å². The maximum Gasteiger partial charge on any atom is 0.264 e. The van der Waals surface area contributed by atoms with Crippen LogP contribution in [0.1, 0.15) is 33.6 Å². The number of benzene rings is 1. The summed E-state index contributed by atoms with van der Waals surface area (Å²) in [5, 5.41) is 5.31. The van der Waals surface area contributed by atoms with Crippen molar-refractivity contribution in [1.82, 2.24) is 10.2 Å². The van der Waals surface area contributed by atoms with E-state index in [9.17, 15) is 19.2 Å². The van der Waals surface area contributed by atoms with Crippen molar-refractivity contribution in [2.45, 2.75) is 18.9 Å². The van der Waals surface area contributed by atoms with E-state index in [0.717, 1.165) is 4.90 Å². The minimum Gasteiger partial charge on any atom is -0.374 e. The number of piperidine rings is 1. The standard InChI is InChI=1S/C15H15N3O4S2/c1-23-24-7-16-9-4-2-3-8-12(9)15(22)18(14(8)21)10-5-6-11(19)17-13(10)20/h2-4,10,16H,5-7H2,1H3,(H,17,19,20). The van der Waals surface area contributed by atoms with Crippen LogP contribution in [0.15, 0.2) is 18.2 Å². The van der Waals surface area contributed by atoms with Crippen molar-refractivity contribution in [3.05, 3.63) is 29.3 Å². The number of carbonyl (C=O) groups is 4. The SMILES string of the molecule is CSSCNc1cccc2c1C(=O)N(C1CCC(=O)NC1=O)C2=O. The number of rotatable bonds is 5. The van der Waals surface area contributed by atoms with E-state index in [1.54, 1.807) is 39.8 Å². The van der Waals surface area contributed by atoms with E-state index in [-0.39, 0.29) is 29.9 Å². The molecule has 1 fully saturated rings. The summed E-state index contributed by atoms with van der Waals surface area (Å²) in [5.74, 6) is -1.40. The number of fused-ring (bicyclic) bond motifs is 1. The van der Waals surface area contributed by atoms with Gasteiger partial charge < -0.3 is 5.32 Å². The van der Waals surface area contributed by atoms with E-state index in [2.05, 4.69) is 10.6 Å². The molecule has 2 N–H and O–H groups in total. The molecule has 9 heteroatoms. The van der Waals surface area contributed by atoms with E-state index >= 15 is 0 Å². The maximum atomic E-state index is 12.8. The summed E-state index contributed by atoms with van der Waals surface area (Å²) >= 11 is 0. The Balaban J connectivity index is 1.89. The first-order valence-electron chi connectivity index (χ1n) is 7.28. The summed E-state index contributed by atoms with van der Waals surface area (Å²) in [7, 11) is 3.16. The van der Waals surface area contributed by atoms with Gasteiger partial charge in [0.2, 0.25) is 11.8 Å². The first-order chi connectivity index (χ1) is 11.5. The van der Waals surface area contributed by atoms with Gasteiger partial charge in [0.1, 0.15) is 6.04 Å². The van der Waals surface area contributed by atoms with Gasteiger partial charge in [-0.05, 0) is 24.8 Å². The van der Waals surface area contributed by atoms with E-state index in [1.807, 2.05) is 6.26 Å². The van der Waals surface area contributed by atoms with Crippen LogP contribution in [-0.4, -0.2) is 46.7 Å². The molecule has 1 aromatic rings. The number of imide groups is 2. The zero-order valence-electron chi connectivity index (χ0n) is 12.8. The third kappa shape index (κ3) is 2.89. The van der Waals surface area contributed by atoms with Gasteiger partial charge in [-0.2, -0.15) is 0 Å². The normalized spacial score (nSPS) is 20.2. The Kier molecular flexibility index (Phi) is 4.81. The molecule has 0 spiro atoms. The summed E-state index contributed by atoms with van der Waals surface area (Å²) < 4.78 is 0. The second-order valence-corrected chi connectivity index (χ2v) is 7.85. The molecule has 0 aromatic heterocycles. The van der Waals surface area contributed by atoms with Crippen LogP contribution in [0.5, 0.6) is 0 Å². The summed E-state index contributed by atoms with van der Waals surface area (Å²) in [6.45, 7) is 0. The highest BCUT2D eigenvalue weighted by molar-refractivity contribution is 8.76. The molecule has 2 heterocycles. The Morgan fingerprint density at radius 1 is 1.25 bits per heavy atom. The van der Waals surface area contributed by atoms with Crippen molar-refractivity contribution in [1.29, 1.82) is 0 Å². The predicted molar refractivity (Wildman–Crippen MR) is 92.7 cm³/mol. The molecule has 2 aliphatic rings. The van der Waals surface area contributed by atoms with Crippen LogP contribution >= 0.6 is 21.6 Å². The van der Waals surface area contributed by atoms with Gasteiger partial charge in [0, 0.05) is 12.1 Å². The first kappa shape index (κ1) is 16.8. The fraction of sp³-hybridized carbons (Fsp3) is 0.333. The van der Waals surface area contributed by atoms with Crippen LogP contribution in [0.25, 0.3) is 0 Å². The minimum absolute atomic E-state index is 0.110. The molecule has 4 amide bonds. The van der Waals surface area contributed by atoms with Crippen molar-refractivity contribution in [3.63, 3.8) is 0 Å². The summed E-state index contributed by atoms with van der Waals surface area (Å²) in [6.07, 6.45) is 2.21. The molecule has 0 radical (unpaired) electrons. The smallest absolute Gasteiger partial charge is 0.264 e. The van der Waals surface area contributed by atoms with Gasteiger partial charge in [0.05, 0.1) is 17.0 Å². The van der Waals surface area contributed by atoms with Crippen LogP contribution < -0.4 is 10.6 Å². The zero-order valence-corrected chi connectivity index (χ0v) is 14.5. The lowest BCUT2D eigenvalue weighted by molar-refractivity contribution is -0.136. The van der Waals surface area contributed by atoms with Crippen molar-refractivity contribution in [2.75, 3.05) is 17.4 Å². The van der Waals surface area contributed by atoms with E-state index in [0.29, 0.717) is 11.6 Å². The summed E-state index contributed by atoms with van der Waals surface area (Å²) in [5.41, 5.74) is 1.14. The Bertz CT molecular complexity index is 737. The molecule has 126 valence electrons. The molecule has 2 aliphatic heterocycles. The molecule has 0 bridgehead atoms. The van der Waals surface area contributed by atoms with Crippen LogP contribution in [0.3, 0.4) is 0 Å². The van der Waals surface area contributed by atoms with E-state index in [4.69, 9.17) is 0 Å². The van der Waals surface area contributed by atoms with Gasteiger partial charge in [-0.1, -0.05) is 27.7 Å². The quantitative estimate of drug-likeness (QED) is 0.353. The molecular weight excluding hydrogens is 350 g/mol. The highest BCUT2D eigenvalue weighted by atomic mass is 33.1. The van der Waals surface area contributed by atoms with Crippen molar-refractivity contribution >= 4 is 50.9 Å². The molecule has 0 saturated carbocycles. The number of nitrogens with zero attached hydrogens (tertiary/aromatic N) is 1. The maximum absolute atomic E-state index is 12.8. The number of hydrogen-bond acceptors (Lipinski definition) is 7. The average molecular weight is 365 g/mol. The number of anilines is 1. The monoisotopic (exact) mass is 365 g/mol. The van der Waals surface area contributed by atoms with Gasteiger partial charge in [0.25, 0.3) is 11.8 Å². The first-order valence-corrected chi connectivity index (χ1v) is 10.0. The lowest BCUT2D eigenvalue weighted by Crippen LogP contribution is -2.54. The summed E-state index contributed by atoms with van der Waals surface area (Å²) in [6, 6.07) is 4.07. The molecule has 3 rings (SSSR count). The van der Waals surface area contributed by atoms with E-state index < -0.39 is 23.8 Å². The lowest BCUT2D eigenvalue weighted by Gasteiger charge is -2.27. The second kappa shape index (κ2) is 6.86. The number of nitrogens with one attached hydrogen (secondary N) is 2. The predicted octanol–water partition coefficient (Wildman–Crippen LogP) is 1.47. The van der Waals surface area contributed by atoms with Crippen LogP contribution in [0, 0.1) is 0 Å². The highest BCUT2D eigenvalue weighted by Gasteiger charge is 2.45. The molecule has 1 unspecified atom stereocenters.